The maximum absolute atomic E-state index is 14.9. The molecule has 0 radical (unpaired) electrons. The van der Waals surface area contributed by atoms with Crippen LogP contribution < -0.4 is 9.47 Å². The van der Waals surface area contributed by atoms with Gasteiger partial charge in [0.15, 0.2) is 23.1 Å². The molecular formula is C24H28F2O2. The SMILES string of the molecule is CCCCCOc1ccc2c(ccc3c(F)c(OCCCCC)ccc32)c1F. The quantitative estimate of drug-likeness (QED) is 0.267. The molecule has 0 saturated carbocycles. The van der Waals surface area contributed by atoms with Crippen molar-refractivity contribution in [1.29, 1.82) is 0 Å². The molecule has 28 heavy (non-hydrogen) atoms. The van der Waals surface area contributed by atoms with E-state index >= 15 is 0 Å². The van der Waals surface area contributed by atoms with Crippen molar-refractivity contribution in [2.45, 2.75) is 52.4 Å². The van der Waals surface area contributed by atoms with Crippen LogP contribution in [0, 0.1) is 11.6 Å². The van der Waals surface area contributed by atoms with Gasteiger partial charge in [0.05, 0.1) is 13.2 Å². The van der Waals surface area contributed by atoms with Crippen LogP contribution in [0.15, 0.2) is 36.4 Å². The summed E-state index contributed by atoms with van der Waals surface area (Å²) < 4.78 is 41.0. The summed E-state index contributed by atoms with van der Waals surface area (Å²) in [6.45, 7) is 5.22. The first-order valence-corrected chi connectivity index (χ1v) is 10.3. The van der Waals surface area contributed by atoms with Crippen LogP contribution in [0.3, 0.4) is 0 Å². The molecular weight excluding hydrogens is 358 g/mol. The van der Waals surface area contributed by atoms with Gasteiger partial charge in [-0.15, -0.1) is 0 Å². The maximum Gasteiger partial charge on any atom is 0.172 e. The van der Waals surface area contributed by atoms with Crippen LogP contribution in [0.2, 0.25) is 0 Å². The summed E-state index contributed by atoms with van der Waals surface area (Å²) in [4.78, 5) is 0. The van der Waals surface area contributed by atoms with Crippen molar-refractivity contribution in [3.63, 3.8) is 0 Å². The molecule has 0 aromatic heterocycles. The van der Waals surface area contributed by atoms with Gasteiger partial charge in [-0.3, -0.25) is 0 Å². The second kappa shape index (κ2) is 9.72. The highest BCUT2D eigenvalue weighted by atomic mass is 19.1. The summed E-state index contributed by atoms with van der Waals surface area (Å²) in [7, 11) is 0. The first-order valence-electron chi connectivity index (χ1n) is 10.3. The lowest BCUT2D eigenvalue weighted by atomic mass is 10.0. The Morgan fingerprint density at radius 3 is 1.36 bits per heavy atom. The zero-order chi connectivity index (χ0) is 19.9. The highest BCUT2D eigenvalue weighted by Crippen LogP contribution is 2.35. The van der Waals surface area contributed by atoms with Gasteiger partial charge in [0, 0.05) is 10.8 Å². The molecule has 0 fully saturated rings. The molecule has 0 aliphatic heterocycles. The number of benzene rings is 3. The third-order valence-electron chi connectivity index (χ3n) is 5.01. The molecule has 2 nitrogen and oxygen atoms in total. The molecule has 3 aromatic rings. The van der Waals surface area contributed by atoms with Crippen LogP contribution in [0.4, 0.5) is 8.78 Å². The van der Waals surface area contributed by atoms with E-state index in [0.717, 1.165) is 38.5 Å². The number of rotatable bonds is 10. The Balaban J connectivity index is 1.89. The van der Waals surface area contributed by atoms with Crippen molar-refractivity contribution in [2.75, 3.05) is 13.2 Å². The molecule has 0 saturated heterocycles. The third-order valence-corrected chi connectivity index (χ3v) is 5.01. The van der Waals surface area contributed by atoms with Crippen LogP contribution in [0.25, 0.3) is 21.5 Å². The minimum atomic E-state index is -0.392. The monoisotopic (exact) mass is 386 g/mol. The number of hydrogen-bond donors (Lipinski definition) is 0. The number of hydrogen-bond acceptors (Lipinski definition) is 2. The molecule has 150 valence electrons. The highest BCUT2D eigenvalue weighted by molar-refractivity contribution is 6.08. The summed E-state index contributed by atoms with van der Waals surface area (Å²) in [6.07, 6.45) is 6.09. The number of ether oxygens (including phenoxy) is 2. The van der Waals surface area contributed by atoms with Gasteiger partial charge in [-0.1, -0.05) is 51.7 Å². The zero-order valence-electron chi connectivity index (χ0n) is 16.7. The Hall–Kier alpha value is -2.36. The standard InChI is InChI=1S/C24H28F2O2/c1-3-5-7-15-27-21-13-11-17-18-12-14-22(28-16-8-6-4-2)24(26)20(18)10-9-19(17)23(21)25/h9-14H,3-8,15-16H2,1-2H3. The molecule has 0 aliphatic carbocycles. The van der Waals surface area contributed by atoms with Crippen molar-refractivity contribution < 1.29 is 18.3 Å². The average Bonchev–Trinajstić information content (AvgIpc) is 2.71. The van der Waals surface area contributed by atoms with Crippen LogP contribution >= 0.6 is 0 Å². The second-order valence-electron chi connectivity index (χ2n) is 7.12. The molecule has 3 aromatic carbocycles. The predicted molar refractivity (Wildman–Crippen MR) is 111 cm³/mol. The smallest absolute Gasteiger partial charge is 0.172 e. The molecule has 0 N–H and O–H groups in total. The Morgan fingerprint density at radius 2 is 0.964 bits per heavy atom. The lowest BCUT2D eigenvalue weighted by molar-refractivity contribution is 0.292. The minimum absolute atomic E-state index is 0.249. The van der Waals surface area contributed by atoms with Crippen LogP contribution in [-0.2, 0) is 0 Å². The van der Waals surface area contributed by atoms with Gasteiger partial charge in [-0.05, 0) is 47.9 Å². The Bertz CT molecular complexity index is 860. The van der Waals surface area contributed by atoms with Crippen LogP contribution in [0.1, 0.15) is 52.4 Å². The molecule has 0 bridgehead atoms. The molecule has 4 heteroatoms. The highest BCUT2D eigenvalue weighted by Gasteiger charge is 2.14. The van der Waals surface area contributed by atoms with Gasteiger partial charge in [-0.25, -0.2) is 8.78 Å². The Labute approximate surface area is 165 Å². The normalized spacial score (nSPS) is 11.3. The van der Waals surface area contributed by atoms with Crippen molar-refractivity contribution >= 4 is 21.5 Å². The van der Waals surface area contributed by atoms with Gasteiger partial charge in [0.2, 0.25) is 0 Å². The Kier molecular flexibility index (Phi) is 7.07. The number of fused-ring (bicyclic) bond motifs is 3. The van der Waals surface area contributed by atoms with Crippen LogP contribution in [-0.4, -0.2) is 13.2 Å². The van der Waals surface area contributed by atoms with Gasteiger partial charge in [-0.2, -0.15) is 0 Å². The summed E-state index contributed by atoms with van der Waals surface area (Å²) >= 11 is 0. The van der Waals surface area contributed by atoms with E-state index in [9.17, 15) is 8.78 Å². The lowest BCUT2D eigenvalue weighted by Crippen LogP contribution is -2.00. The summed E-state index contributed by atoms with van der Waals surface area (Å²) in [5.74, 6) is -0.286. The maximum atomic E-state index is 14.9. The molecule has 0 amide bonds. The second-order valence-corrected chi connectivity index (χ2v) is 7.12. The van der Waals surface area contributed by atoms with E-state index in [1.165, 1.54) is 0 Å². The topological polar surface area (TPSA) is 18.5 Å². The summed E-state index contributed by atoms with van der Waals surface area (Å²) in [6, 6.07) is 10.1. The van der Waals surface area contributed by atoms with E-state index in [0.29, 0.717) is 34.8 Å². The third kappa shape index (κ3) is 4.37. The largest absolute Gasteiger partial charge is 0.490 e. The van der Waals surface area contributed by atoms with E-state index in [4.69, 9.17) is 9.47 Å². The predicted octanol–water partition coefficient (Wildman–Crippen LogP) is 7.41. The minimum Gasteiger partial charge on any atom is -0.490 e. The molecule has 3 rings (SSSR count). The first-order chi connectivity index (χ1) is 13.7. The van der Waals surface area contributed by atoms with Crippen molar-refractivity contribution in [3.8, 4) is 11.5 Å². The Morgan fingerprint density at radius 1 is 0.571 bits per heavy atom. The summed E-state index contributed by atoms with van der Waals surface area (Å²) in [5.41, 5.74) is 0. The van der Waals surface area contributed by atoms with E-state index < -0.39 is 11.6 Å². The molecule has 0 spiro atoms. The number of unbranched alkanes of at least 4 members (excludes halogenated alkanes) is 4. The van der Waals surface area contributed by atoms with Gasteiger partial charge in [0.1, 0.15) is 0 Å². The van der Waals surface area contributed by atoms with E-state index in [-0.39, 0.29) is 11.5 Å². The van der Waals surface area contributed by atoms with Crippen molar-refractivity contribution in [2.24, 2.45) is 0 Å². The van der Waals surface area contributed by atoms with E-state index in [1.54, 1.807) is 36.4 Å². The fraction of sp³-hybridized carbons (Fsp3) is 0.417. The average molecular weight is 386 g/mol. The summed E-state index contributed by atoms with van der Waals surface area (Å²) in [5, 5.41) is 2.23. The van der Waals surface area contributed by atoms with Crippen molar-refractivity contribution in [3.05, 3.63) is 48.0 Å². The zero-order valence-corrected chi connectivity index (χ0v) is 16.7. The van der Waals surface area contributed by atoms with Gasteiger partial charge >= 0.3 is 0 Å². The van der Waals surface area contributed by atoms with Crippen LogP contribution in [0.5, 0.6) is 11.5 Å². The van der Waals surface area contributed by atoms with Gasteiger partial charge in [0.25, 0.3) is 0 Å². The lowest BCUT2D eigenvalue weighted by Gasteiger charge is -2.13. The van der Waals surface area contributed by atoms with Crippen molar-refractivity contribution in [1.82, 2.24) is 0 Å². The van der Waals surface area contributed by atoms with E-state index in [1.807, 2.05) is 0 Å². The molecule has 0 unspecified atom stereocenters. The molecule has 0 atom stereocenters. The first kappa shape index (κ1) is 20.4. The van der Waals surface area contributed by atoms with E-state index in [2.05, 4.69) is 13.8 Å². The fourth-order valence-electron chi connectivity index (χ4n) is 3.40. The molecule has 0 aliphatic rings. The van der Waals surface area contributed by atoms with Gasteiger partial charge < -0.3 is 9.47 Å². The molecule has 0 heterocycles. The number of halogens is 2. The fourth-order valence-corrected chi connectivity index (χ4v) is 3.40.